The number of fused-ring (bicyclic) bond motifs is 6. The number of para-hydroxylation sites is 4. The van der Waals surface area contributed by atoms with Crippen molar-refractivity contribution < 1.29 is 0 Å². The van der Waals surface area contributed by atoms with Gasteiger partial charge >= 0.3 is 0 Å². The number of hydrogen-bond donors (Lipinski definition) is 2. The number of benzene rings is 7. The Balaban J connectivity index is 1.20. The maximum atomic E-state index is 3.86. The maximum absolute atomic E-state index is 3.86. The van der Waals surface area contributed by atoms with Gasteiger partial charge in [-0.25, -0.2) is 0 Å². The van der Waals surface area contributed by atoms with Crippen LogP contribution in [-0.2, 0) is 0 Å². The third-order valence-electron chi connectivity index (χ3n) is 8.88. The van der Waals surface area contributed by atoms with Gasteiger partial charge in [-0.05, 0) is 59.1 Å². The molecular formula is C42H32N4P2. The summed E-state index contributed by atoms with van der Waals surface area (Å²) in [4.78, 5) is 7.73. The van der Waals surface area contributed by atoms with Gasteiger partial charge in [-0.15, -0.1) is 0 Å². The Kier molecular flexibility index (Phi) is 7.39. The summed E-state index contributed by atoms with van der Waals surface area (Å²) >= 11 is 0. The van der Waals surface area contributed by atoms with Crippen molar-refractivity contribution in [3.05, 3.63) is 170 Å². The second-order valence-electron chi connectivity index (χ2n) is 11.9. The van der Waals surface area contributed by atoms with Crippen molar-refractivity contribution in [2.45, 2.75) is 0 Å². The maximum Gasteiger partial charge on any atom is 0.0708 e. The molecule has 2 atom stereocenters. The zero-order valence-electron chi connectivity index (χ0n) is 26.1. The van der Waals surface area contributed by atoms with Gasteiger partial charge in [0.1, 0.15) is 0 Å². The fourth-order valence-electron chi connectivity index (χ4n) is 6.65. The molecule has 0 aliphatic rings. The summed E-state index contributed by atoms with van der Waals surface area (Å²) in [5.41, 5.74) is 9.28. The van der Waals surface area contributed by atoms with Crippen molar-refractivity contribution in [3.8, 4) is 0 Å². The fraction of sp³-hybridized carbons (Fsp3) is 0. The van der Waals surface area contributed by atoms with E-state index in [2.05, 4.69) is 189 Å². The van der Waals surface area contributed by atoms with Gasteiger partial charge < -0.3 is 19.3 Å². The van der Waals surface area contributed by atoms with Gasteiger partial charge in [0.15, 0.2) is 0 Å². The fourth-order valence-corrected chi connectivity index (χ4v) is 9.02. The van der Waals surface area contributed by atoms with Crippen LogP contribution in [0.2, 0.25) is 0 Å². The Hall–Kier alpha value is -5.40. The van der Waals surface area contributed by atoms with Crippen molar-refractivity contribution in [2.24, 2.45) is 0 Å². The lowest BCUT2D eigenvalue weighted by molar-refractivity contribution is 1.42. The first-order chi connectivity index (χ1) is 23.8. The molecule has 0 saturated carbocycles. The minimum absolute atomic E-state index is 0.453. The Morgan fingerprint density at radius 3 is 1.12 bits per heavy atom. The Labute approximate surface area is 282 Å². The topological polar surface area (TPSA) is 38.1 Å². The van der Waals surface area contributed by atoms with Crippen LogP contribution in [0.1, 0.15) is 0 Å². The van der Waals surface area contributed by atoms with E-state index in [1.54, 1.807) is 0 Å². The standard InChI is InChI=1S/C42H32N4P2/c1-5-15-29(16-6-1)45(47-31-19-9-3-10-20-31)39-25-13-23-33-35-27-38-36(28-37(35)43-41(33)39)34-24-14-26-40(42(34)44-38)46(30-17-7-2-8-18-30)48-32-21-11-4-12-22-32/h1-28,43-44,47-48H. The van der Waals surface area contributed by atoms with Crippen LogP contribution in [0.25, 0.3) is 43.6 Å². The van der Waals surface area contributed by atoms with Crippen LogP contribution in [0.3, 0.4) is 0 Å². The van der Waals surface area contributed by atoms with Crippen molar-refractivity contribution in [2.75, 3.05) is 9.34 Å². The molecule has 0 bridgehead atoms. The Bertz CT molecular complexity index is 2330. The van der Waals surface area contributed by atoms with Gasteiger partial charge in [-0.3, -0.25) is 0 Å². The number of nitrogens with one attached hydrogen (secondary N) is 2. The van der Waals surface area contributed by atoms with E-state index in [4.69, 9.17) is 0 Å². The Morgan fingerprint density at radius 1 is 0.354 bits per heavy atom. The van der Waals surface area contributed by atoms with Crippen LogP contribution >= 0.6 is 17.5 Å². The molecule has 9 aromatic rings. The lowest BCUT2D eigenvalue weighted by Crippen LogP contribution is -2.11. The van der Waals surface area contributed by atoms with Crippen molar-refractivity contribution >= 4 is 94.4 Å². The average Bonchev–Trinajstić information content (AvgIpc) is 3.71. The summed E-state index contributed by atoms with van der Waals surface area (Å²) in [6, 6.07) is 60.9. The van der Waals surface area contributed by atoms with E-state index in [-0.39, 0.29) is 0 Å². The summed E-state index contributed by atoms with van der Waals surface area (Å²) in [5, 5.41) is 7.46. The van der Waals surface area contributed by atoms with Crippen molar-refractivity contribution in [1.29, 1.82) is 0 Å². The van der Waals surface area contributed by atoms with E-state index in [9.17, 15) is 0 Å². The monoisotopic (exact) mass is 654 g/mol. The molecule has 0 radical (unpaired) electrons. The number of H-pyrrole nitrogens is 2. The highest BCUT2D eigenvalue weighted by Crippen LogP contribution is 2.45. The minimum Gasteiger partial charge on any atom is -0.353 e. The predicted octanol–water partition coefficient (Wildman–Crippen LogP) is 11.1. The smallest absolute Gasteiger partial charge is 0.0708 e. The van der Waals surface area contributed by atoms with Gasteiger partial charge in [-0.2, -0.15) is 0 Å². The van der Waals surface area contributed by atoms with Gasteiger partial charge in [0.05, 0.1) is 22.4 Å². The molecule has 6 heteroatoms. The number of aromatic nitrogens is 2. The quantitative estimate of drug-likeness (QED) is 0.160. The third kappa shape index (κ3) is 5.20. The first kappa shape index (κ1) is 28.8. The highest BCUT2D eigenvalue weighted by molar-refractivity contribution is 7.50. The summed E-state index contributed by atoms with van der Waals surface area (Å²) in [6.07, 6.45) is 0. The highest BCUT2D eigenvalue weighted by Gasteiger charge is 2.20. The van der Waals surface area contributed by atoms with E-state index < -0.39 is 0 Å². The van der Waals surface area contributed by atoms with Crippen molar-refractivity contribution in [3.63, 3.8) is 0 Å². The average molecular weight is 655 g/mol. The molecule has 2 heterocycles. The number of rotatable bonds is 8. The molecule has 0 aliphatic heterocycles. The molecule has 0 amide bonds. The van der Waals surface area contributed by atoms with Crippen molar-refractivity contribution in [1.82, 2.24) is 9.97 Å². The van der Waals surface area contributed by atoms with E-state index >= 15 is 0 Å². The molecular weight excluding hydrogens is 622 g/mol. The zero-order valence-corrected chi connectivity index (χ0v) is 28.1. The zero-order chi connectivity index (χ0) is 31.9. The lowest BCUT2D eigenvalue weighted by atomic mass is 10.1. The van der Waals surface area contributed by atoms with Crippen LogP contribution in [-0.4, -0.2) is 9.97 Å². The van der Waals surface area contributed by atoms with E-state index in [1.165, 1.54) is 54.9 Å². The van der Waals surface area contributed by atoms with E-state index in [1.807, 2.05) is 0 Å². The van der Waals surface area contributed by atoms with Crippen LogP contribution in [0.15, 0.2) is 170 Å². The molecule has 2 unspecified atom stereocenters. The van der Waals surface area contributed by atoms with Crippen LogP contribution in [0, 0.1) is 0 Å². The number of anilines is 4. The molecule has 4 nitrogen and oxygen atoms in total. The number of aromatic amines is 2. The van der Waals surface area contributed by atoms with Crippen LogP contribution in [0.5, 0.6) is 0 Å². The van der Waals surface area contributed by atoms with E-state index in [0.717, 1.165) is 22.1 Å². The second-order valence-corrected chi connectivity index (χ2v) is 14.4. The first-order valence-corrected chi connectivity index (χ1v) is 18.0. The Morgan fingerprint density at radius 2 is 0.729 bits per heavy atom. The van der Waals surface area contributed by atoms with Gasteiger partial charge in [0.25, 0.3) is 0 Å². The van der Waals surface area contributed by atoms with Gasteiger partial charge in [0, 0.05) is 61.4 Å². The molecule has 0 aliphatic carbocycles. The molecule has 9 rings (SSSR count). The van der Waals surface area contributed by atoms with Gasteiger partial charge in [0.2, 0.25) is 0 Å². The first-order valence-electron chi connectivity index (χ1n) is 16.1. The highest BCUT2D eigenvalue weighted by atomic mass is 31.1. The van der Waals surface area contributed by atoms with Gasteiger partial charge in [-0.1, -0.05) is 121 Å². The number of nitrogens with zero attached hydrogens (tertiary/aromatic N) is 2. The summed E-state index contributed by atoms with van der Waals surface area (Å²) < 4.78 is 4.87. The van der Waals surface area contributed by atoms with Crippen LogP contribution < -0.4 is 19.9 Å². The largest absolute Gasteiger partial charge is 0.353 e. The minimum atomic E-state index is 0.453. The third-order valence-corrected chi connectivity index (χ3v) is 11.5. The molecule has 2 aromatic heterocycles. The lowest BCUT2D eigenvalue weighted by Gasteiger charge is -2.25. The summed E-state index contributed by atoms with van der Waals surface area (Å²) in [7, 11) is 0.906. The molecule has 7 aromatic carbocycles. The molecule has 48 heavy (non-hydrogen) atoms. The molecule has 2 N–H and O–H groups in total. The molecule has 0 spiro atoms. The molecule has 0 fully saturated rings. The second kappa shape index (κ2) is 12.3. The molecule has 0 saturated heterocycles. The van der Waals surface area contributed by atoms with Crippen LogP contribution in [0.4, 0.5) is 22.7 Å². The molecule has 230 valence electrons. The van der Waals surface area contributed by atoms with E-state index in [0.29, 0.717) is 17.5 Å². The summed E-state index contributed by atoms with van der Waals surface area (Å²) in [5.74, 6) is 0. The summed E-state index contributed by atoms with van der Waals surface area (Å²) in [6.45, 7) is 0. The predicted molar refractivity (Wildman–Crippen MR) is 211 cm³/mol. The SMILES string of the molecule is c1ccc(PN(c2ccccc2)c2cccc3c2[nH]c2cc4c(cc23)[nH]c2c(N(Pc3ccccc3)c3ccccc3)cccc24)cc1. The normalized spacial score (nSPS) is 12.0. The number of hydrogen-bond acceptors (Lipinski definition) is 2.